The molecule has 0 radical (unpaired) electrons. The molecule has 0 N–H and O–H groups in total. The van der Waals surface area contributed by atoms with E-state index in [4.69, 9.17) is 9.47 Å². The first kappa shape index (κ1) is 22.2. The fourth-order valence-corrected chi connectivity index (χ4v) is 4.45. The van der Waals surface area contributed by atoms with Gasteiger partial charge in [-0.05, 0) is 62.8 Å². The van der Waals surface area contributed by atoms with Crippen molar-refractivity contribution in [3.63, 3.8) is 0 Å². The third-order valence-electron chi connectivity index (χ3n) is 5.35. The number of hydrogen-bond acceptors (Lipinski definition) is 7. The molecule has 1 aliphatic heterocycles. The largest absolute Gasteiger partial charge is 0.459 e. The highest BCUT2D eigenvalue weighted by Crippen LogP contribution is 2.30. The summed E-state index contributed by atoms with van der Waals surface area (Å²) < 4.78 is 19.7. The molecule has 0 saturated carbocycles. The number of fused-ring (bicyclic) bond motifs is 1. The van der Waals surface area contributed by atoms with Crippen LogP contribution in [0.25, 0.3) is 11.0 Å². The fraction of sp³-hybridized carbons (Fsp3) is 0.417. The third kappa shape index (κ3) is 5.43. The summed E-state index contributed by atoms with van der Waals surface area (Å²) in [6.07, 6.45) is 0.774. The van der Waals surface area contributed by atoms with E-state index in [2.05, 4.69) is 8.75 Å². The molecule has 0 unspecified atom stereocenters. The zero-order chi connectivity index (χ0) is 22.7. The summed E-state index contributed by atoms with van der Waals surface area (Å²) in [5, 5.41) is 0. The molecule has 0 bridgehead atoms. The smallest absolute Gasteiger partial charge is 0.411 e. The number of carbonyl (C=O) groups excluding carboxylic acids is 2. The van der Waals surface area contributed by atoms with Crippen molar-refractivity contribution in [3.05, 3.63) is 59.7 Å². The van der Waals surface area contributed by atoms with Crippen LogP contribution in [-0.4, -0.2) is 43.9 Å². The van der Waals surface area contributed by atoms with Crippen LogP contribution in [0.5, 0.6) is 0 Å². The Bertz CT molecular complexity index is 1090. The number of rotatable bonds is 5. The van der Waals surface area contributed by atoms with E-state index in [0.29, 0.717) is 13.0 Å². The number of ether oxygens (including phenoxy) is 2. The number of esters is 1. The van der Waals surface area contributed by atoms with Crippen molar-refractivity contribution in [2.75, 3.05) is 6.54 Å². The van der Waals surface area contributed by atoms with E-state index in [9.17, 15) is 9.59 Å². The van der Waals surface area contributed by atoms with Gasteiger partial charge in [-0.15, -0.1) is 0 Å². The van der Waals surface area contributed by atoms with Gasteiger partial charge in [0.05, 0.1) is 11.7 Å². The van der Waals surface area contributed by atoms with E-state index in [1.165, 1.54) is 16.6 Å². The van der Waals surface area contributed by atoms with E-state index < -0.39 is 23.7 Å². The van der Waals surface area contributed by atoms with Crippen molar-refractivity contribution < 1.29 is 19.1 Å². The van der Waals surface area contributed by atoms with Gasteiger partial charge < -0.3 is 9.47 Å². The molecule has 168 valence electrons. The molecule has 1 fully saturated rings. The SMILES string of the molecule is CC(C)(C)OC(=O)N1C[C@@H](Cc2ccc3nsnc3c2)C[C@@H]1C(=O)OCc1ccccc1. The lowest BCUT2D eigenvalue weighted by molar-refractivity contribution is -0.150. The summed E-state index contributed by atoms with van der Waals surface area (Å²) >= 11 is 1.19. The summed E-state index contributed by atoms with van der Waals surface area (Å²) in [6.45, 7) is 6.07. The summed E-state index contributed by atoms with van der Waals surface area (Å²) in [6, 6.07) is 14.9. The van der Waals surface area contributed by atoms with Crippen molar-refractivity contribution in [2.24, 2.45) is 5.92 Å². The second-order valence-electron chi connectivity index (χ2n) is 9.13. The number of carbonyl (C=O) groups is 2. The van der Waals surface area contributed by atoms with E-state index in [-0.39, 0.29) is 12.5 Å². The zero-order valence-electron chi connectivity index (χ0n) is 18.5. The maximum atomic E-state index is 12.9. The van der Waals surface area contributed by atoms with Crippen LogP contribution < -0.4 is 0 Å². The minimum absolute atomic E-state index is 0.112. The maximum Gasteiger partial charge on any atom is 0.411 e. The van der Waals surface area contributed by atoms with E-state index in [0.717, 1.165) is 28.6 Å². The Balaban J connectivity index is 1.47. The molecule has 8 heteroatoms. The maximum absolute atomic E-state index is 12.9. The molecule has 0 aliphatic carbocycles. The number of nitrogens with zero attached hydrogens (tertiary/aromatic N) is 3. The lowest BCUT2D eigenvalue weighted by atomic mass is 9.96. The molecule has 4 rings (SSSR count). The van der Waals surface area contributed by atoms with Crippen LogP contribution in [0.15, 0.2) is 48.5 Å². The van der Waals surface area contributed by atoms with E-state index in [1.807, 2.05) is 69.3 Å². The van der Waals surface area contributed by atoms with Crippen LogP contribution in [0.1, 0.15) is 38.3 Å². The molecule has 1 saturated heterocycles. The summed E-state index contributed by atoms with van der Waals surface area (Å²) in [5.41, 5.74) is 3.12. The van der Waals surface area contributed by atoms with Gasteiger partial charge in [0.25, 0.3) is 0 Å². The van der Waals surface area contributed by atoms with Gasteiger partial charge in [0, 0.05) is 6.54 Å². The highest BCUT2D eigenvalue weighted by atomic mass is 32.1. The molecular weight excluding hydrogens is 426 g/mol. The van der Waals surface area contributed by atoms with Crippen LogP contribution in [0.3, 0.4) is 0 Å². The summed E-state index contributed by atoms with van der Waals surface area (Å²) in [7, 11) is 0. The third-order valence-corrected chi connectivity index (χ3v) is 5.91. The first-order valence-electron chi connectivity index (χ1n) is 10.7. The molecule has 2 atom stereocenters. The van der Waals surface area contributed by atoms with E-state index in [1.54, 1.807) is 0 Å². The average Bonchev–Trinajstić information content (AvgIpc) is 3.38. The van der Waals surface area contributed by atoms with E-state index >= 15 is 0 Å². The number of hydrogen-bond donors (Lipinski definition) is 0. The van der Waals surface area contributed by atoms with Gasteiger partial charge in [-0.25, -0.2) is 9.59 Å². The molecule has 1 aromatic heterocycles. The Morgan fingerprint density at radius 1 is 1.06 bits per heavy atom. The Morgan fingerprint density at radius 3 is 2.56 bits per heavy atom. The van der Waals surface area contributed by atoms with Crippen LogP contribution in [0.2, 0.25) is 0 Å². The van der Waals surface area contributed by atoms with Gasteiger partial charge in [-0.1, -0.05) is 36.4 Å². The lowest BCUT2D eigenvalue weighted by Gasteiger charge is -2.27. The minimum Gasteiger partial charge on any atom is -0.459 e. The highest BCUT2D eigenvalue weighted by Gasteiger charge is 2.42. The monoisotopic (exact) mass is 453 g/mol. The molecule has 0 spiro atoms. The first-order valence-corrected chi connectivity index (χ1v) is 11.4. The molecule has 32 heavy (non-hydrogen) atoms. The summed E-state index contributed by atoms with van der Waals surface area (Å²) in [4.78, 5) is 27.3. The quantitative estimate of drug-likeness (QED) is 0.525. The molecule has 1 aliphatic rings. The number of aromatic nitrogens is 2. The minimum atomic E-state index is -0.664. The van der Waals surface area contributed by atoms with Crippen molar-refractivity contribution >= 4 is 34.8 Å². The number of amides is 1. The Kier molecular flexibility index (Phi) is 6.41. The standard InChI is InChI=1S/C24H27N3O4S/c1-24(2,3)31-23(29)27-14-18(11-17-9-10-19-20(12-17)26-32-25-19)13-21(27)22(28)30-15-16-7-5-4-6-8-16/h4-10,12,18,21H,11,13-15H2,1-3H3/t18-,21+/m0/s1. The fourth-order valence-electron chi connectivity index (χ4n) is 3.93. The normalized spacial score (nSPS) is 18.7. The summed E-state index contributed by atoms with van der Waals surface area (Å²) in [5.74, 6) is -0.290. The van der Waals surface area contributed by atoms with Crippen molar-refractivity contribution in [3.8, 4) is 0 Å². The van der Waals surface area contributed by atoms with Crippen molar-refractivity contribution in [1.82, 2.24) is 13.6 Å². The van der Waals surface area contributed by atoms with Crippen molar-refractivity contribution in [2.45, 2.75) is 51.9 Å². The predicted octanol–water partition coefficient (Wildman–Crippen LogP) is 4.60. The zero-order valence-corrected chi connectivity index (χ0v) is 19.3. The molecule has 2 heterocycles. The number of likely N-dealkylation sites (tertiary alicyclic amines) is 1. The Morgan fingerprint density at radius 2 is 1.81 bits per heavy atom. The van der Waals surface area contributed by atoms with Gasteiger partial charge in [-0.3, -0.25) is 4.90 Å². The molecule has 2 aromatic carbocycles. The van der Waals surface area contributed by atoms with Crippen molar-refractivity contribution in [1.29, 1.82) is 0 Å². The van der Waals surface area contributed by atoms with Gasteiger partial charge in [0.2, 0.25) is 0 Å². The van der Waals surface area contributed by atoms with Gasteiger partial charge in [-0.2, -0.15) is 8.75 Å². The Labute approximate surface area is 191 Å². The van der Waals surface area contributed by atoms with Gasteiger partial charge >= 0.3 is 12.1 Å². The van der Waals surface area contributed by atoms with Crippen LogP contribution in [0, 0.1) is 5.92 Å². The molecule has 1 amide bonds. The van der Waals surface area contributed by atoms with Gasteiger partial charge in [0.1, 0.15) is 29.3 Å². The van der Waals surface area contributed by atoms with Crippen LogP contribution in [-0.2, 0) is 27.3 Å². The highest BCUT2D eigenvalue weighted by molar-refractivity contribution is 7.00. The lowest BCUT2D eigenvalue weighted by Crippen LogP contribution is -2.44. The second kappa shape index (κ2) is 9.24. The molecular formula is C24H27N3O4S. The Hall–Kier alpha value is -3.00. The van der Waals surface area contributed by atoms with Gasteiger partial charge in [0.15, 0.2) is 0 Å². The topological polar surface area (TPSA) is 81.6 Å². The molecule has 3 aromatic rings. The second-order valence-corrected chi connectivity index (χ2v) is 9.66. The average molecular weight is 454 g/mol. The predicted molar refractivity (Wildman–Crippen MR) is 122 cm³/mol. The van der Waals surface area contributed by atoms with Crippen LogP contribution in [0.4, 0.5) is 4.79 Å². The number of benzene rings is 2. The molecule has 7 nitrogen and oxygen atoms in total. The van der Waals surface area contributed by atoms with Crippen LogP contribution >= 0.6 is 11.7 Å². The first-order chi connectivity index (χ1) is 15.3.